The highest BCUT2D eigenvalue weighted by atomic mass is 35.5. The van der Waals surface area contributed by atoms with E-state index in [0.717, 1.165) is 36.8 Å². The third kappa shape index (κ3) is 2.93. The van der Waals surface area contributed by atoms with Crippen LogP contribution in [0.5, 0.6) is 0 Å². The van der Waals surface area contributed by atoms with Crippen molar-refractivity contribution in [1.29, 1.82) is 0 Å². The van der Waals surface area contributed by atoms with Gasteiger partial charge in [-0.3, -0.25) is 9.69 Å². The molecule has 0 spiro atoms. The molecule has 120 valence electrons. The van der Waals surface area contributed by atoms with Crippen LogP contribution < -0.4 is 5.56 Å². The average Bonchev–Trinajstić information content (AvgIpc) is 2.51. The molecular weight excluding hydrogens is 331 g/mol. The molecule has 4 rings (SSSR count). The second kappa shape index (κ2) is 5.97. The summed E-state index contributed by atoms with van der Waals surface area (Å²) in [5, 5.41) is 1.40. The Bertz CT molecular complexity index is 802. The van der Waals surface area contributed by atoms with Crippen LogP contribution in [0.2, 0.25) is 10.0 Å². The first-order valence-corrected chi connectivity index (χ1v) is 8.72. The van der Waals surface area contributed by atoms with Crippen LogP contribution in [0, 0.1) is 5.92 Å². The molecule has 0 aliphatic carbocycles. The summed E-state index contributed by atoms with van der Waals surface area (Å²) in [5.41, 5.74) is 2.42. The SMILES string of the molecule is O=c1cccc2n1C[C@H]1C[C@H]2CN(Cc2ccc(Cl)cc2Cl)C1. The monoisotopic (exact) mass is 348 g/mol. The van der Waals surface area contributed by atoms with E-state index in [-0.39, 0.29) is 5.56 Å². The number of aromatic nitrogens is 1. The Morgan fingerprint density at radius 2 is 1.96 bits per heavy atom. The van der Waals surface area contributed by atoms with Gasteiger partial charge in [-0.2, -0.15) is 0 Å². The molecule has 3 heterocycles. The normalized spacial score (nSPS) is 23.6. The Labute approximate surface area is 145 Å². The molecule has 2 atom stereocenters. The molecule has 1 aromatic heterocycles. The Balaban J connectivity index is 1.57. The minimum Gasteiger partial charge on any atom is -0.312 e. The van der Waals surface area contributed by atoms with Gasteiger partial charge < -0.3 is 4.57 Å². The summed E-state index contributed by atoms with van der Waals surface area (Å²) < 4.78 is 1.96. The summed E-state index contributed by atoms with van der Waals surface area (Å²) in [6.45, 7) is 3.64. The van der Waals surface area contributed by atoms with Crippen molar-refractivity contribution in [2.45, 2.75) is 25.4 Å². The van der Waals surface area contributed by atoms with E-state index < -0.39 is 0 Å². The second-order valence-corrected chi connectivity index (χ2v) is 7.47. The van der Waals surface area contributed by atoms with Crippen LogP contribution in [0.3, 0.4) is 0 Å². The van der Waals surface area contributed by atoms with Gasteiger partial charge in [0.15, 0.2) is 0 Å². The summed E-state index contributed by atoms with van der Waals surface area (Å²) >= 11 is 12.3. The minimum atomic E-state index is 0.131. The maximum atomic E-state index is 12.1. The summed E-state index contributed by atoms with van der Waals surface area (Å²) in [6.07, 6.45) is 1.17. The summed E-state index contributed by atoms with van der Waals surface area (Å²) in [7, 11) is 0. The zero-order valence-corrected chi connectivity index (χ0v) is 14.2. The first kappa shape index (κ1) is 15.3. The van der Waals surface area contributed by atoms with E-state index in [0.29, 0.717) is 16.9 Å². The van der Waals surface area contributed by atoms with Gasteiger partial charge in [0.1, 0.15) is 0 Å². The Morgan fingerprint density at radius 3 is 2.78 bits per heavy atom. The van der Waals surface area contributed by atoms with Crippen LogP contribution >= 0.6 is 23.2 Å². The van der Waals surface area contributed by atoms with Crippen molar-refractivity contribution in [1.82, 2.24) is 9.47 Å². The number of fused-ring (bicyclic) bond motifs is 4. The van der Waals surface area contributed by atoms with Crippen LogP contribution in [0.1, 0.15) is 23.6 Å². The number of nitrogens with zero attached hydrogens (tertiary/aromatic N) is 2. The van der Waals surface area contributed by atoms with Gasteiger partial charge in [-0.1, -0.05) is 35.3 Å². The number of likely N-dealkylation sites (tertiary alicyclic amines) is 1. The predicted molar refractivity (Wildman–Crippen MR) is 93.3 cm³/mol. The molecule has 0 unspecified atom stereocenters. The third-order valence-electron chi connectivity index (χ3n) is 4.96. The maximum absolute atomic E-state index is 12.1. The molecule has 2 aliphatic rings. The largest absolute Gasteiger partial charge is 0.312 e. The predicted octanol–water partition coefficient (Wildman–Crippen LogP) is 3.77. The van der Waals surface area contributed by atoms with Gasteiger partial charge in [-0.25, -0.2) is 0 Å². The number of rotatable bonds is 2. The van der Waals surface area contributed by atoms with E-state index in [1.165, 1.54) is 12.1 Å². The highest BCUT2D eigenvalue weighted by Gasteiger charge is 2.34. The molecule has 0 saturated carbocycles. The van der Waals surface area contributed by atoms with Crippen molar-refractivity contribution >= 4 is 23.2 Å². The zero-order valence-electron chi connectivity index (χ0n) is 12.7. The fourth-order valence-corrected chi connectivity index (χ4v) is 4.48. The number of halogens is 2. The highest BCUT2D eigenvalue weighted by Crippen LogP contribution is 2.36. The lowest BCUT2D eigenvalue weighted by molar-refractivity contribution is 0.114. The fraction of sp³-hybridized carbons (Fsp3) is 0.389. The Morgan fingerprint density at radius 1 is 1.09 bits per heavy atom. The molecule has 2 aromatic rings. The van der Waals surface area contributed by atoms with E-state index in [4.69, 9.17) is 23.2 Å². The second-order valence-electron chi connectivity index (χ2n) is 6.63. The molecule has 1 saturated heterocycles. The standard InChI is InChI=1S/C18H18Cl2N2O/c19-15-5-4-13(16(20)7-15)10-21-8-12-6-14(11-21)17-2-1-3-18(23)22(17)9-12/h1-5,7,12,14H,6,8-11H2/t12-,14-/m0/s1. The molecule has 5 heteroatoms. The number of hydrogen-bond acceptors (Lipinski definition) is 2. The van der Waals surface area contributed by atoms with Gasteiger partial charge in [0.25, 0.3) is 5.56 Å². The van der Waals surface area contributed by atoms with Gasteiger partial charge in [-0.05, 0) is 36.1 Å². The molecular formula is C18H18Cl2N2O. The van der Waals surface area contributed by atoms with Crippen molar-refractivity contribution in [2.24, 2.45) is 5.92 Å². The van der Waals surface area contributed by atoms with Crippen molar-refractivity contribution in [3.05, 3.63) is 68.1 Å². The smallest absolute Gasteiger partial charge is 0.250 e. The molecule has 2 bridgehead atoms. The van der Waals surface area contributed by atoms with Crippen LogP contribution in [0.15, 0.2) is 41.2 Å². The third-order valence-corrected chi connectivity index (χ3v) is 5.55. The van der Waals surface area contributed by atoms with Gasteiger partial charge >= 0.3 is 0 Å². The molecule has 2 aliphatic heterocycles. The van der Waals surface area contributed by atoms with E-state index in [1.807, 2.05) is 22.8 Å². The van der Waals surface area contributed by atoms with Crippen LogP contribution in [0.4, 0.5) is 0 Å². The first-order valence-electron chi connectivity index (χ1n) is 7.96. The van der Waals surface area contributed by atoms with Crippen LogP contribution in [-0.4, -0.2) is 22.6 Å². The lowest BCUT2D eigenvalue weighted by atomic mass is 9.83. The van der Waals surface area contributed by atoms with E-state index in [2.05, 4.69) is 11.0 Å². The quantitative estimate of drug-likeness (QED) is 0.825. The fourth-order valence-electron chi connectivity index (χ4n) is 4.02. The van der Waals surface area contributed by atoms with Crippen LogP contribution in [0.25, 0.3) is 0 Å². The summed E-state index contributed by atoms with van der Waals surface area (Å²) in [6, 6.07) is 11.3. The van der Waals surface area contributed by atoms with Crippen molar-refractivity contribution in [2.75, 3.05) is 13.1 Å². The number of pyridine rings is 1. The van der Waals surface area contributed by atoms with Gasteiger partial charge in [0, 0.05) is 53.9 Å². The van der Waals surface area contributed by atoms with E-state index in [1.54, 1.807) is 12.1 Å². The molecule has 0 radical (unpaired) electrons. The Kier molecular flexibility index (Phi) is 3.96. The van der Waals surface area contributed by atoms with E-state index in [9.17, 15) is 4.79 Å². The van der Waals surface area contributed by atoms with Crippen molar-refractivity contribution in [3.8, 4) is 0 Å². The molecule has 0 amide bonds. The average molecular weight is 349 g/mol. The Hall–Kier alpha value is -1.29. The van der Waals surface area contributed by atoms with Crippen LogP contribution in [-0.2, 0) is 13.1 Å². The molecule has 1 aromatic carbocycles. The van der Waals surface area contributed by atoms with Gasteiger partial charge in [0.2, 0.25) is 0 Å². The lowest BCUT2D eigenvalue weighted by Crippen LogP contribution is -2.46. The molecule has 0 N–H and O–H groups in total. The summed E-state index contributed by atoms with van der Waals surface area (Å²) in [5.74, 6) is 0.968. The molecule has 23 heavy (non-hydrogen) atoms. The maximum Gasteiger partial charge on any atom is 0.250 e. The zero-order chi connectivity index (χ0) is 16.0. The lowest BCUT2D eigenvalue weighted by Gasteiger charge is -2.42. The van der Waals surface area contributed by atoms with Gasteiger partial charge in [-0.15, -0.1) is 0 Å². The number of piperidine rings is 1. The molecule has 3 nitrogen and oxygen atoms in total. The first-order chi connectivity index (χ1) is 11.1. The number of benzene rings is 1. The molecule has 1 fully saturated rings. The summed E-state index contributed by atoms with van der Waals surface area (Å²) in [4.78, 5) is 14.5. The topological polar surface area (TPSA) is 25.2 Å². The number of hydrogen-bond donors (Lipinski definition) is 0. The highest BCUT2D eigenvalue weighted by molar-refractivity contribution is 6.35. The van der Waals surface area contributed by atoms with Gasteiger partial charge in [0.05, 0.1) is 0 Å². The van der Waals surface area contributed by atoms with Crippen molar-refractivity contribution < 1.29 is 0 Å². The van der Waals surface area contributed by atoms with Crippen molar-refractivity contribution in [3.63, 3.8) is 0 Å². The minimum absolute atomic E-state index is 0.131. The van der Waals surface area contributed by atoms with E-state index >= 15 is 0 Å².